The van der Waals surface area contributed by atoms with Gasteiger partial charge in [0.25, 0.3) is 5.91 Å². The molecule has 0 aliphatic heterocycles. The topological polar surface area (TPSA) is 124 Å². The lowest BCUT2D eigenvalue weighted by molar-refractivity contribution is -0.118. The first-order chi connectivity index (χ1) is 10.5. The van der Waals surface area contributed by atoms with Crippen molar-refractivity contribution in [1.82, 2.24) is 10.3 Å². The predicted octanol–water partition coefficient (Wildman–Crippen LogP) is 1.13. The number of nitrogens with one attached hydrogen (secondary N) is 1. The highest BCUT2D eigenvalue weighted by Gasteiger charge is 2.21. The van der Waals surface area contributed by atoms with Crippen LogP contribution in [0.3, 0.4) is 0 Å². The number of carbonyl (C=O) groups is 2. The van der Waals surface area contributed by atoms with Crippen LogP contribution in [-0.4, -0.2) is 16.8 Å². The number of rotatable bonds is 6. The highest BCUT2D eigenvalue weighted by Crippen LogP contribution is 2.25. The van der Waals surface area contributed by atoms with Crippen LogP contribution in [-0.2, 0) is 11.3 Å². The van der Waals surface area contributed by atoms with Crippen molar-refractivity contribution in [3.8, 4) is 0 Å². The molecule has 7 nitrogen and oxygen atoms in total. The van der Waals surface area contributed by atoms with Gasteiger partial charge in [-0.05, 0) is 11.6 Å². The number of nitrogens with two attached hydrogens (primary N) is 2. The monoisotopic (exact) mass is 322 g/mol. The van der Waals surface area contributed by atoms with Gasteiger partial charge in [-0.1, -0.05) is 29.8 Å². The minimum atomic E-state index is -0.656. The SMILES string of the molecule is NCc1nc(C(=O)N[C@H](CC(N)=O)c2ccccc2Cl)co1. The summed E-state index contributed by atoms with van der Waals surface area (Å²) in [5, 5.41) is 3.10. The zero-order valence-electron chi connectivity index (χ0n) is 11.6. The summed E-state index contributed by atoms with van der Waals surface area (Å²) in [4.78, 5) is 27.3. The van der Waals surface area contributed by atoms with Crippen LogP contribution >= 0.6 is 11.6 Å². The van der Waals surface area contributed by atoms with Gasteiger partial charge in [-0.15, -0.1) is 0 Å². The molecule has 0 unspecified atom stereocenters. The Bertz CT molecular complexity index is 686. The number of carbonyl (C=O) groups excluding carboxylic acids is 2. The number of nitrogens with zero attached hydrogens (tertiary/aromatic N) is 1. The van der Waals surface area contributed by atoms with E-state index in [1.165, 1.54) is 6.26 Å². The third-order valence-electron chi connectivity index (χ3n) is 2.95. The van der Waals surface area contributed by atoms with E-state index in [1.807, 2.05) is 0 Å². The summed E-state index contributed by atoms with van der Waals surface area (Å²) >= 11 is 6.10. The van der Waals surface area contributed by atoms with Gasteiger partial charge in [0.05, 0.1) is 19.0 Å². The summed E-state index contributed by atoms with van der Waals surface area (Å²) in [6, 6.07) is 6.23. The zero-order chi connectivity index (χ0) is 16.1. The summed E-state index contributed by atoms with van der Waals surface area (Å²) in [6.07, 6.45) is 1.11. The van der Waals surface area contributed by atoms with Gasteiger partial charge in [-0.3, -0.25) is 9.59 Å². The largest absolute Gasteiger partial charge is 0.447 e. The number of aromatic nitrogens is 1. The van der Waals surface area contributed by atoms with Crippen molar-refractivity contribution in [3.63, 3.8) is 0 Å². The van der Waals surface area contributed by atoms with Gasteiger partial charge in [0.2, 0.25) is 11.8 Å². The predicted molar refractivity (Wildman–Crippen MR) is 79.9 cm³/mol. The van der Waals surface area contributed by atoms with E-state index in [1.54, 1.807) is 24.3 Å². The van der Waals surface area contributed by atoms with Gasteiger partial charge in [0, 0.05) is 5.02 Å². The van der Waals surface area contributed by atoms with E-state index < -0.39 is 17.9 Å². The molecule has 8 heteroatoms. The Balaban J connectivity index is 2.21. The van der Waals surface area contributed by atoms with E-state index in [0.29, 0.717) is 10.6 Å². The van der Waals surface area contributed by atoms with Crippen LogP contribution in [0.2, 0.25) is 5.02 Å². The maximum absolute atomic E-state index is 12.2. The lowest BCUT2D eigenvalue weighted by atomic mass is 10.0. The molecule has 0 aliphatic rings. The average molecular weight is 323 g/mol. The highest BCUT2D eigenvalue weighted by atomic mass is 35.5. The molecular weight excluding hydrogens is 308 g/mol. The second-order valence-electron chi connectivity index (χ2n) is 4.55. The van der Waals surface area contributed by atoms with Crippen LogP contribution in [0.4, 0.5) is 0 Å². The van der Waals surface area contributed by atoms with Gasteiger partial charge in [0.15, 0.2) is 5.69 Å². The lowest BCUT2D eigenvalue weighted by Crippen LogP contribution is -2.32. The van der Waals surface area contributed by atoms with Crippen molar-refractivity contribution in [2.45, 2.75) is 19.0 Å². The van der Waals surface area contributed by atoms with Gasteiger partial charge >= 0.3 is 0 Å². The van der Waals surface area contributed by atoms with E-state index >= 15 is 0 Å². The molecule has 0 fully saturated rings. The van der Waals surface area contributed by atoms with Crippen LogP contribution in [0.25, 0.3) is 0 Å². The van der Waals surface area contributed by atoms with Gasteiger partial charge < -0.3 is 21.2 Å². The third-order valence-corrected chi connectivity index (χ3v) is 3.29. The number of halogens is 1. The number of primary amides is 1. The van der Waals surface area contributed by atoms with Crippen molar-refractivity contribution < 1.29 is 14.0 Å². The molecule has 1 atom stereocenters. The number of hydrogen-bond acceptors (Lipinski definition) is 5. The number of benzene rings is 1. The first kappa shape index (κ1) is 16.0. The van der Waals surface area contributed by atoms with Crippen LogP contribution in [0, 0.1) is 0 Å². The maximum atomic E-state index is 12.2. The molecule has 1 heterocycles. The fourth-order valence-corrected chi connectivity index (χ4v) is 2.21. The second kappa shape index (κ2) is 7.06. The van der Waals surface area contributed by atoms with Crippen LogP contribution in [0.15, 0.2) is 34.9 Å². The fourth-order valence-electron chi connectivity index (χ4n) is 1.94. The van der Waals surface area contributed by atoms with E-state index in [0.717, 1.165) is 0 Å². The third kappa shape index (κ3) is 3.84. The lowest BCUT2D eigenvalue weighted by Gasteiger charge is -2.18. The molecule has 0 saturated heterocycles. The molecule has 0 radical (unpaired) electrons. The van der Waals surface area contributed by atoms with Crippen LogP contribution in [0.5, 0.6) is 0 Å². The minimum Gasteiger partial charge on any atom is -0.447 e. The zero-order valence-corrected chi connectivity index (χ0v) is 12.3. The van der Waals surface area contributed by atoms with Gasteiger partial charge in [0.1, 0.15) is 6.26 Å². The summed E-state index contributed by atoms with van der Waals surface area (Å²) < 4.78 is 5.01. The first-order valence-corrected chi connectivity index (χ1v) is 6.87. The van der Waals surface area contributed by atoms with Crippen molar-refractivity contribution in [1.29, 1.82) is 0 Å². The molecule has 0 spiro atoms. The normalized spacial score (nSPS) is 11.9. The van der Waals surface area contributed by atoms with Crippen molar-refractivity contribution in [2.75, 3.05) is 0 Å². The summed E-state index contributed by atoms with van der Waals surface area (Å²) in [7, 11) is 0. The molecule has 0 saturated carbocycles. The average Bonchev–Trinajstić information content (AvgIpc) is 2.95. The van der Waals surface area contributed by atoms with E-state index in [2.05, 4.69) is 10.3 Å². The van der Waals surface area contributed by atoms with Gasteiger partial charge in [-0.2, -0.15) is 0 Å². The minimum absolute atomic E-state index is 0.0713. The van der Waals surface area contributed by atoms with E-state index in [9.17, 15) is 9.59 Å². The molecule has 2 amide bonds. The van der Waals surface area contributed by atoms with Gasteiger partial charge in [-0.25, -0.2) is 4.98 Å². The molecule has 2 aromatic rings. The smallest absolute Gasteiger partial charge is 0.273 e. The molecule has 0 aliphatic carbocycles. The van der Waals surface area contributed by atoms with E-state index in [4.69, 9.17) is 27.5 Å². The van der Waals surface area contributed by atoms with Crippen molar-refractivity contribution in [2.24, 2.45) is 11.5 Å². The Hall–Kier alpha value is -2.38. The van der Waals surface area contributed by atoms with Crippen LogP contribution < -0.4 is 16.8 Å². The first-order valence-electron chi connectivity index (χ1n) is 6.49. The quantitative estimate of drug-likeness (QED) is 0.735. The Labute approximate surface area is 131 Å². The number of amides is 2. The Morgan fingerprint density at radius 1 is 1.36 bits per heavy atom. The number of oxazole rings is 1. The summed E-state index contributed by atoms with van der Waals surface area (Å²) in [6.45, 7) is 0.0858. The maximum Gasteiger partial charge on any atom is 0.273 e. The Morgan fingerprint density at radius 3 is 2.68 bits per heavy atom. The number of hydrogen-bond donors (Lipinski definition) is 3. The summed E-state index contributed by atoms with van der Waals surface area (Å²) in [5.74, 6) is -0.822. The van der Waals surface area contributed by atoms with Crippen molar-refractivity contribution >= 4 is 23.4 Å². The fraction of sp³-hybridized carbons (Fsp3) is 0.214. The summed E-state index contributed by atoms with van der Waals surface area (Å²) in [5.41, 5.74) is 11.3. The highest BCUT2D eigenvalue weighted by molar-refractivity contribution is 6.31. The molecule has 1 aromatic heterocycles. The molecule has 1 aromatic carbocycles. The van der Waals surface area contributed by atoms with Crippen LogP contribution in [0.1, 0.15) is 34.4 Å². The standard InChI is InChI=1S/C14H15ClN4O3/c15-9-4-2-1-3-8(9)10(5-12(17)20)19-14(21)11-7-22-13(6-16)18-11/h1-4,7,10H,5-6,16H2,(H2,17,20)(H,19,21)/t10-/m1/s1. The Morgan fingerprint density at radius 2 is 2.09 bits per heavy atom. The molecule has 2 rings (SSSR count). The Kier molecular flexibility index (Phi) is 5.13. The molecule has 116 valence electrons. The van der Waals surface area contributed by atoms with E-state index in [-0.39, 0.29) is 24.6 Å². The molecular formula is C14H15ClN4O3. The van der Waals surface area contributed by atoms with Crippen molar-refractivity contribution in [3.05, 3.63) is 52.7 Å². The molecule has 5 N–H and O–H groups in total. The molecule has 0 bridgehead atoms. The second-order valence-corrected chi connectivity index (χ2v) is 4.96. The molecule has 22 heavy (non-hydrogen) atoms.